The second kappa shape index (κ2) is 6.78. The summed E-state index contributed by atoms with van der Waals surface area (Å²) in [6.07, 6.45) is 0.815. The lowest BCUT2D eigenvalue weighted by Crippen LogP contribution is -2.51. The highest BCUT2D eigenvalue weighted by Gasteiger charge is 2.27. The van der Waals surface area contributed by atoms with E-state index in [1.54, 1.807) is 26.4 Å². The van der Waals surface area contributed by atoms with Crippen LogP contribution in [0.1, 0.15) is 16.8 Å². The minimum absolute atomic E-state index is 0.0217. The zero-order valence-electron chi connectivity index (χ0n) is 12.7. The van der Waals surface area contributed by atoms with Gasteiger partial charge < -0.3 is 24.8 Å². The Kier molecular flexibility index (Phi) is 5.03. The van der Waals surface area contributed by atoms with Gasteiger partial charge in [-0.3, -0.25) is 0 Å². The summed E-state index contributed by atoms with van der Waals surface area (Å²) in [5, 5.41) is 0. The Labute approximate surface area is 124 Å². The SMILES string of the molecule is COC(=O)c1cc(OC)cc(N2CC[C@@H](N)[C@@H](OC)C2)c1. The van der Waals surface area contributed by atoms with Crippen LogP contribution < -0.4 is 15.4 Å². The van der Waals surface area contributed by atoms with Crippen LogP contribution in [0.5, 0.6) is 5.75 Å². The van der Waals surface area contributed by atoms with E-state index in [0.717, 1.165) is 18.7 Å². The lowest BCUT2D eigenvalue weighted by atomic mass is 10.0. The van der Waals surface area contributed by atoms with Crippen molar-refractivity contribution in [3.05, 3.63) is 23.8 Å². The predicted octanol–water partition coefficient (Wildman–Crippen LogP) is 1.03. The second-order valence-corrected chi connectivity index (χ2v) is 5.08. The molecule has 1 saturated heterocycles. The van der Waals surface area contributed by atoms with E-state index in [4.69, 9.17) is 19.9 Å². The van der Waals surface area contributed by atoms with Gasteiger partial charge in [-0.1, -0.05) is 0 Å². The number of hydrogen-bond acceptors (Lipinski definition) is 6. The summed E-state index contributed by atoms with van der Waals surface area (Å²) in [6, 6.07) is 5.41. The molecule has 1 fully saturated rings. The van der Waals surface area contributed by atoms with Gasteiger partial charge in [0.1, 0.15) is 5.75 Å². The largest absolute Gasteiger partial charge is 0.497 e. The first-order valence-electron chi connectivity index (χ1n) is 6.89. The predicted molar refractivity (Wildman–Crippen MR) is 79.9 cm³/mol. The van der Waals surface area contributed by atoms with Gasteiger partial charge >= 0.3 is 5.97 Å². The van der Waals surface area contributed by atoms with Crippen LogP contribution >= 0.6 is 0 Å². The van der Waals surface area contributed by atoms with Crippen LogP contribution in [-0.4, -0.2) is 52.5 Å². The number of esters is 1. The third-order valence-corrected chi connectivity index (χ3v) is 3.83. The first-order valence-corrected chi connectivity index (χ1v) is 6.89. The summed E-state index contributed by atoms with van der Waals surface area (Å²) >= 11 is 0. The number of benzene rings is 1. The molecule has 116 valence electrons. The van der Waals surface area contributed by atoms with E-state index in [0.29, 0.717) is 17.9 Å². The first kappa shape index (κ1) is 15.6. The monoisotopic (exact) mass is 294 g/mol. The van der Waals surface area contributed by atoms with E-state index in [2.05, 4.69) is 4.90 Å². The van der Waals surface area contributed by atoms with E-state index in [1.807, 2.05) is 6.07 Å². The number of anilines is 1. The topological polar surface area (TPSA) is 74.0 Å². The normalized spacial score (nSPS) is 22.0. The van der Waals surface area contributed by atoms with Gasteiger partial charge in [0.25, 0.3) is 0 Å². The molecule has 1 heterocycles. The first-order chi connectivity index (χ1) is 10.1. The molecular formula is C15H22N2O4. The van der Waals surface area contributed by atoms with Crippen molar-refractivity contribution in [3.63, 3.8) is 0 Å². The highest BCUT2D eigenvalue weighted by Crippen LogP contribution is 2.27. The third-order valence-electron chi connectivity index (χ3n) is 3.83. The molecule has 1 aromatic rings. The molecule has 0 bridgehead atoms. The van der Waals surface area contributed by atoms with Gasteiger partial charge in [-0.05, 0) is 18.6 Å². The highest BCUT2D eigenvalue weighted by atomic mass is 16.5. The molecule has 0 aromatic heterocycles. The zero-order chi connectivity index (χ0) is 15.4. The molecule has 0 spiro atoms. The van der Waals surface area contributed by atoms with Crippen molar-refractivity contribution < 1.29 is 19.0 Å². The van der Waals surface area contributed by atoms with Gasteiger partial charge in [0.15, 0.2) is 0 Å². The van der Waals surface area contributed by atoms with Crippen LogP contribution in [0, 0.1) is 0 Å². The lowest BCUT2D eigenvalue weighted by Gasteiger charge is -2.37. The number of ether oxygens (including phenoxy) is 3. The fourth-order valence-electron chi connectivity index (χ4n) is 2.54. The van der Waals surface area contributed by atoms with E-state index in [-0.39, 0.29) is 18.1 Å². The molecule has 2 N–H and O–H groups in total. The molecule has 0 aliphatic carbocycles. The fraction of sp³-hybridized carbons (Fsp3) is 0.533. The molecule has 6 heteroatoms. The minimum atomic E-state index is -0.382. The molecule has 0 amide bonds. The zero-order valence-corrected chi connectivity index (χ0v) is 12.7. The molecule has 0 unspecified atom stereocenters. The molecule has 0 saturated carbocycles. The quantitative estimate of drug-likeness (QED) is 0.836. The molecule has 1 aromatic carbocycles. The number of hydrogen-bond donors (Lipinski definition) is 1. The van der Waals surface area contributed by atoms with E-state index < -0.39 is 0 Å². The summed E-state index contributed by atoms with van der Waals surface area (Å²) in [7, 11) is 4.60. The number of methoxy groups -OCH3 is 3. The van der Waals surface area contributed by atoms with Crippen molar-refractivity contribution in [3.8, 4) is 5.75 Å². The van der Waals surface area contributed by atoms with Crippen molar-refractivity contribution in [2.24, 2.45) is 5.73 Å². The van der Waals surface area contributed by atoms with Gasteiger partial charge in [0, 0.05) is 38.0 Å². The Morgan fingerprint density at radius 2 is 2.05 bits per heavy atom. The molecule has 6 nitrogen and oxygen atoms in total. The smallest absolute Gasteiger partial charge is 0.338 e. The molecule has 1 aliphatic rings. The average molecular weight is 294 g/mol. The number of rotatable bonds is 4. The van der Waals surface area contributed by atoms with Crippen LogP contribution in [0.2, 0.25) is 0 Å². The maximum atomic E-state index is 11.7. The van der Waals surface area contributed by atoms with Crippen LogP contribution in [0.15, 0.2) is 18.2 Å². The lowest BCUT2D eigenvalue weighted by molar-refractivity contribution is 0.0600. The standard InChI is InChI=1S/C15H22N2O4/c1-19-12-7-10(15(18)21-3)6-11(8-12)17-5-4-13(16)14(9-17)20-2/h6-8,13-14H,4-5,9,16H2,1-3H3/t13-,14+/m1/s1. The van der Waals surface area contributed by atoms with Crippen LogP contribution in [0.3, 0.4) is 0 Å². The molecule has 21 heavy (non-hydrogen) atoms. The highest BCUT2D eigenvalue weighted by molar-refractivity contribution is 5.91. The summed E-state index contributed by atoms with van der Waals surface area (Å²) in [4.78, 5) is 13.9. The van der Waals surface area contributed by atoms with Crippen molar-refractivity contribution in [2.45, 2.75) is 18.6 Å². The fourth-order valence-corrected chi connectivity index (χ4v) is 2.54. The van der Waals surface area contributed by atoms with Crippen molar-refractivity contribution in [1.82, 2.24) is 0 Å². The maximum Gasteiger partial charge on any atom is 0.338 e. The van der Waals surface area contributed by atoms with Gasteiger partial charge in [-0.2, -0.15) is 0 Å². The second-order valence-electron chi connectivity index (χ2n) is 5.08. The van der Waals surface area contributed by atoms with Crippen LogP contribution in [0.25, 0.3) is 0 Å². The number of nitrogens with zero attached hydrogens (tertiary/aromatic N) is 1. The Bertz CT molecular complexity index is 506. The number of nitrogens with two attached hydrogens (primary N) is 1. The molecule has 0 radical (unpaired) electrons. The van der Waals surface area contributed by atoms with E-state index in [1.165, 1.54) is 7.11 Å². The molecule has 2 atom stereocenters. The Morgan fingerprint density at radius 1 is 1.29 bits per heavy atom. The molecular weight excluding hydrogens is 272 g/mol. The number of carbonyl (C=O) groups excluding carboxylic acids is 1. The summed E-state index contributed by atoms with van der Waals surface area (Å²) < 4.78 is 15.5. The van der Waals surface area contributed by atoms with Crippen LogP contribution in [0.4, 0.5) is 5.69 Å². The summed E-state index contributed by atoms with van der Waals surface area (Å²) in [5.74, 6) is 0.240. The van der Waals surface area contributed by atoms with Crippen LogP contribution in [-0.2, 0) is 9.47 Å². The van der Waals surface area contributed by atoms with E-state index in [9.17, 15) is 4.79 Å². The van der Waals surface area contributed by atoms with Gasteiger partial charge in [-0.25, -0.2) is 4.79 Å². The van der Waals surface area contributed by atoms with Gasteiger partial charge in [0.05, 0.1) is 25.9 Å². The number of carbonyl (C=O) groups is 1. The van der Waals surface area contributed by atoms with Crippen molar-refractivity contribution >= 4 is 11.7 Å². The molecule has 2 rings (SSSR count). The Morgan fingerprint density at radius 3 is 2.67 bits per heavy atom. The summed E-state index contributed by atoms with van der Waals surface area (Å²) in [6.45, 7) is 1.50. The maximum absolute atomic E-state index is 11.7. The van der Waals surface area contributed by atoms with Gasteiger partial charge in [-0.15, -0.1) is 0 Å². The Hall–Kier alpha value is -1.79. The van der Waals surface area contributed by atoms with Crippen molar-refractivity contribution in [1.29, 1.82) is 0 Å². The van der Waals surface area contributed by atoms with Gasteiger partial charge in [0.2, 0.25) is 0 Å². The average Bonchev–Trinajstić information content (AvgIpc) is 2.53. The summed E-state index contributed by atoms with van der Waals surface area (Å²) in [5.41, 5.74) is 7.41. The molecule has 1 aliphatic heterocycles. The third kappa shape index (κ3) is 3.46. The van der Waals surface area contributed by atoms with Crippen molar-refractivity contribution in [2.75, 3.05) is 39.3 Å². The van der Waals surface area contributed by atoms with E-state index >= 15 is 0 Å². The number of piperidine rings is 1. The Balaban J connectivity index is 2.28. The minimum Gasteiger partial charge on any atom is -0.497 e.